The number of fused-ring (bicyclic) bond motifs is 1. The van der Waals surface area contributed by atoms with E-state index in [9.17, 15) is 4.79 Å². The molecule has 1 aliphatic carbocycles. The Morgan fingerprint density at radius 3 is 2.89 bits per heavy atom. The summed E-state index contributed by atoms with van der Waals surface area (Å²) in [6.45, 7) is 6.05. The summed E-state index contributed by atoms with van der Waals surface area (Å²) in [5.74, 6) is 0.853. The molecule has 146 valence electrons. The van der Waals surface area contributed by atoms with E-state index in [4.69, 9.17) is 0 Å². The zero-order chi connectivity index (χ0) is 19.9. The van der Waals surface area contributed by atoms with Crippen LogP contribution in [0.4, 0.5) is 16.3 Å². The van der Waals surface area contributed by atoms with Crippen LogP contribution < -0.4 is 21.3 Å². The molecule has 1 aromatic rings. The molecule has 0 aromatic carbocycles. The Bertz CT molecular complexity index is 867. The third kappa shape index (κ3) is 5.13. The van der Waals surface area contributed by atoms with Crippen LogP contribution in [-0.4, -0.2) is 17.2 Å². The van der Waals surface area contributed by atoms with Gasteiger partial charge >= 0.3 is 6.03 Å². The van der Waals surface area contributed by atoms with Crippen molar-refractivity contribution in [3.05, 3.63) is 77.3 Å². The molecule has 4 N–H and O–H groups in total. The maximum absolute atomic E-state index is 12.2. The average Bonchev–Trinajstić information content (AvgIpc) is 2.99. The molecule has 1 atom stereocenters. The number of nitrogens with one attached hydrogen (secondary N) is 4. The summed E-state index contributed by atoms with van der Waals surface area (Å²) in [4.78, 5) is 16.6. The highest BCUT2D eigenvalue weighted by molar-refractivity contribution is 5.78. The quantitative estimate of drug-likeness (QED) is 0.567. The summed E-state index contributed by atoms with van der Waals surface area (Å²) in [6.07, 6.45) is 15.4. The highest BCUT2D eigenvalue weighted by atomic mass is 16.2. The van der Waals surface area contributed by atoms with Crippen LogP contribution in [0.25, 0.3) is 0 Å². The van der Waals surface area contributed by atoms with Crippen LogP contribution in [0.5, 0.6) is 0 Å². The highest BCUT2D eigenvalue weighted by Crippen LogP contribution is 2.29. The maximum Gasteiger partial charge on any atom is 0.323 e. The van der Waals surface area contributed by atoms with Crippen LogP contribution >= 0.6 is 0 Å². The molecular formula is C22H27N5O. The molecule has 0 saturated heterocycles. The lowest BCUT2D eigenvalue weighted by Crippen LogP contribution is -2.33. The minimum absolute atomic E-state index is 0.0264. The second kappa shape index (κ2) is 9.08. The van der Waals surface area contributed by atoms with E-state index in [1.54, 1.807) is 6.20 Å². The van der Waals surface area contributed by atoms with Gasteiger partial charge in [0.05, 0.1) is 5.69 Å². The number of nitrogens with zero attached hydrogens (tertiary/aromatic N) is 1. The predicted molar refractivity (Wildman–Crippen MR) is 115 cm³/mol. The van der Waals surface area contributed by atoms with Crippen molar-refractivity contribution < 1.29 is 4.79 Å². The van der Waals surface area contributed by atoms with Gasteiger partial charge in [-0.2, -0.15) is 0 Å². The fraction of sp³-hybridized carbons (Fsp3) is 0.273. The number of amides is 2. The Labute approximate surface area is 166 Å². The van der Waals surface area contributed by atoms with Gasteiger partial charge in [0.2, 0.25) is 0 Å². The Hall–Kier alpha value is -3.28. The van der Waals surface area contributed by atoms with Crippen LogP contribution in [0.1, 0.15) is 33.6 Å². The molecular weight excluding hydrogens is 350 g/mol. The first-order valence-electron chi connectivity index (χ1n) is 9.53. The standard InChI is InChI=1S/C22H27N5O/c1-4-15(2)10-11-16(3)24-22(28)25-18-8-5-7-17(12-13-18)20-26-19-9-6-14-23-21(19)27-20/h6-14,20,26H,4-5H2,1-3H3,(H,23,27)(H2,24,25,28)/b15-10-,16-11+. The van der Waals surface area contributed by atoms with Gasteiger partial charge in [0.15, 0.2) is 5.82 Å². The van der Waals surface area contributed by atoms with Crippen LogP contribution in [0, 0.1) is 0 Å². The van der Waals surface area contributed by atoms with Crippen LogP contribution in [0.15, 0.2) is 77.3 Å². The number of urea groups is 1. The minimum atomic E-state index is -0.246. The molecule has 2 amide bonds. The van der Waals surface area contributed by atoms with Gasteiger partial charge < -0.3 is 21.3 Å². The topological polar surface area (TPSA) is 78.1 Å². The number of allylic oxidation sites excluding steroid dienone is 7. The Balaban J connectivity index is 1.55. The van der Waals surface area contributed by atoms with E-state index < -0.39 is 0 Å². The number of carbonyl (C=O) groups is 1. The molecule has 1 aliphatic heterocycles. The fourth-order valence-electron chi connectivity index (χ4n) is 2.85. The summed E-state index contributed by atoms with van der Waals surface area (Å²) in [5, 5.41) is 12.5. The molecule has 0 bridgehead atoms. The Morgan fingerprint density at radius 2 is 2.11 bits per heavy atom. The van der Waals surface area contributed by atoms with Crippen molar-refractivity contribution >= 4 is 17.5 Å². The minimum Gasteiger partial charge on any atom is -0.359 e. The number of hydrogen-bond donors (Lipinski definition) is 4. The van der Waals surface area contributed by atoms with Gasteiger partial charge in [0.1, 0.15) is 6.17 Å². The maximum atomic E-state index is 12.2. The highest BCUT2D eigenvalue weighted by Gasteiger charge is 2.22. The molecule has 2 heterocycles. The summed E-state index contributed by atoms with van der Waals surface area (Å²) in [7, 11) is 0. The first-order chi connectivity index (χ1) is 13.5. The third-order valence-corrected chi connectivity index (χ3v) is 4.61. The summed E-state index contributed by atoms with van der Waals surface area (Å²) in [5.41, 5.74) is 4.92. The van der Waals surface area contributed by atoms with E-state index >= 15 is 0 Å². The van der Waals surface area contributed by atoms with E-state index in [0.717, 1.165) is 41.3 Å². The zero-order valence-corrected chi connectivity index (χ0v) is 16.5. The fourth-order valence-corrected chi connectivity index (χ4v) is 2.85. The van der Waals surface area contributed by atoms with E-state index in [1.165, 1.54) is 5.57 Å². The van der Waals surface area contributed by atoms with Crippen LogP contribution in [0.2, 0.25) is 0 Å². The van der Waals surface area contributed by atoms with E-state index in [0.29, 0.717) is 0 Å². The number of carbonyl (C=O) groups excluding carboxylic acids is 1. The SMILES string of the molecule is CC/C(C)=C\C=C(/C)NC(=O)NC1=CCC=C(C2Nc3cccnc3N2)C=C1. The first kappa shape index (κ1) is 19.5. The Morgan fingerprint density at radius 1 is 1.25 bits per heavy atom. The molecule has 0 spiro atoms. The van der Waals surface area contributed by atoms with Crippen LogP contribution in [0.3, 0.4) is 0 Å². The van der Waals surface area contributed by atoms with Gasteiger partial charge in [-0.25, -0.2) is 9.78 Å². The molecule has 0 fully saturated rings. The molecule has 1 unspecified atom stereocenters. The molecule has 0 saturated carbocycles. The van der Waals surface area contributed by atoms with Crippen molar-refractivity contribution in [2.45, 2.75) is 39.8 Å². The van der Waals surface area contributed by atoms with Crippen molar-refractivity contribution in [2.75, 3.05) is 10.6 Å². The van der Waals surface area contributed by atoms with Gasteiger partial charge in [0.25, 0.3) is 0 Å². The molecule has 1 aromatic heterocycles. The molecule has 28 heavy (non-hydrogen) atoms. The van der Waals surface area contributed by atoms with Gasteiger partial charge in [0, 0.05) is 17.6 Å². The van der Waals surface area contributed by atoms with Gasteiger partial charge in [-0.05, 0) is 56.5 Å². The summed E-state index contributed by atoms with van der Waals surface area (Å²) >= 11 is 0. The monoisotopic (exact) mass is 377 g/mol. The van der Waals surface area contributed by atoms with E-state index in [1.807, 2.05) is 49.4 Å². The molecule has 0 radical (unpaired) electrons. The second-order valence-electron chi connectivity index (χ2n) is 6.85. The lowest BCUT2D eigenvalue weighted by Gasteiger charge is -2.13. The van der Waals surface area contributed by atoms with E-state index in [-0.39, 0.29) is 12.2 Å². The predicted octanol–water partition coefficient (Wildman–Crippen LogP) is 4.57. The molecule has 6 nitrogen and oxygen atoms in total. The molecule has 6 heteroatoms. The largest absolute Gasteiger partial charge is 0.359 e. The molecule has 2 aliphatic rings. The van der Waals surface area contributed by atoms with Crippen LogP contribution in [-0.2, 0) is 0 Å². The van der Waals surface area contributed by atoms with Crippen molar-refractivity contribution in [1.29, 1.82) is 0 Å². The lowest BCUT2D eigenvalue weighted by molar-refractivity contribution is 0.246. The summed E-state index contributed by atoms with van der Waals surface area (Å²) < 4.78 is 0. The van der Waals surface area contributed by atoms with Gasteiger partial charge in [-0.3, -0.25) is 0 Å². The Kier molecular flexibility index (Phi) is 6.32. The normalized spacial score (nSPS) is 18.9. The third-order valence-electron chi connectivity index (χ3n) is 4.61. The first-order valence-corrected chi connectivity index (χ1v) is 9.53. The number of aromatic nitrogens is 1. The van der Waals surface area contributed by atoms with E-state index in [2.05, 4.69) is 46.2 Å². The van der Waals surface area contributed by atoms with Crippen molar-refractivity contribution in [3.63, 3.8) is 0 Å². The number of hydrogen-bond acceptors (Lipinski definition) is 4. The van der Waals surface area contributed by atoms with Gasteiger partial charge in [-0.1, -0.05) is 36.8 Å². The number of pyridine rings is 1. The number of rotatable bonds is 5. The van der Waals surface area contributed by atoms with Crippen molar-refractivity contribution in [1.82, 2.24) is 15.6 Å². The molecule has 3 rings (SSSR count). The summed E-state index contributed by atoms with van der Waals surface area (Å²) in [6, 6.07) is 3.66. The van der Waals surface area contributed by atoms with Crippen molar-refractivity contribution in [3.8, 4) is 0 Å². The smallest absolute Gasteiger partial charge is 0.323 e. The second-order valence-corrected chi connectivity index (χ2v) is 6.85. The van der Waals surface area contributed by atoms with Crippen molar-refractivity contribution in [2.24, 2.45) is 0 Å². The lowest BCUT2D eigenvalue weighted by atomic mass is 10.1. The number of anilines is 2. The zero-order valence-electron chi connectivity index (χ0n) is 16.5. The van der Waals surface area contributed by atoms with Gasteiger partial charge in [-0.15, -0.1) is 0 Å². The average molecular weight is 377 g/mol.